The minimum atomic E-state index is -0.0523. The smallest absolute Gasteiger partial charge is 0.196 e. The Labute approximate surface area is 115 Å². The van der Waals surface area contributed by atoms with E-state index in [-0.39, 0.29) is 6.61 Å². The van der Waals surface area contributed by atoms with Crippen LogP contribution in [-0.4, -0.2) is 26.5 Å². The second-order valence-corrected chi connectivity index (χ2v) is 5.07. The molecule has 0 atom stereocenters. The predicted octanol–water partition coefficient (Wildman–Crippen LogP) is 1.78. The van der Waals surface area contributed by atoms with E-state index in [9.17, 15) is 0 Å². The van der Waals surface area contributed by atoms with Crippen LogP contribution >= 0.6 is 12.2 Å². The lowest BCUT2D eigenvalue weighted by Crippen LogP contribution is -2.30. The highest BCUT2D eigenvalue weighted by atomic mass is 32.1. The second kappa shape index (κ2) is 5.24. The summed E-state index contributed by atoms with van der Waals surface area (Å²) in [7, 11) is 0. The van der Waals surface area contributed by atoms with E-state index in [4.69, 9.17) is 21.7 Å². The molecule has 0 aromatic carbocycles. The van der Waals surface area contributed by atoms with E-state index in [2.05, 4.69) is 14.9 Å². The van der Waals surface area contributed by atoms with Crippen LogP contribution in [0.25, 0.3) is 0 Å². The van der Waals surface area contributed by atoms with Gasteiger partial charge in [0.25, 0.3) is 0 Å². The van der Waals surface area contributed by atoms with Gasteiger partial charge in [-0.2, -0.15) is 0 Å². The maximum Gasteiger partial charge on any atom is 0.196 e. The average Bonchev–Trinajstić information content (AvgIpc) is 2.86. The largest absolute Gasteiger partial charge is 0.462 e. The van der Waals surface area contributed by atoms with Crippen LogP contribution in [0.1, 0.15) is 22.8 Å². The van der Waals surface area contributed by atoms with Crippen LogP contribution in [0, 0.1) is 4.77 Å². The third-order valence-corrected chi connectivity index (χ3v) is 3.52. The molecule has 19 heavy (non-hydrogen) atoms. The number of fused-ring (bicyclic) bond motifs is 1. The first-order valence-electron chi connectivity index (χ1n) is 6.22. The van der Waals surface area contributed by atoms with Crippen molar-refractivity contribution in [1.82, 2.24) is 14.9 Å². The van der Waals surface area contributed by atoms with Crippen molar-refractivity contribution in [1.29, 1.82) is 0 Å². The molecule has 3 heterocycles. The van der Waals surface area contributed by atoms with Gasteiger partial charge in [0, 0.05) is 37.0 Å². The zero-order valence-corrected chi connectivity index (χ0v) is 11.2. The topological polar surface area (TPSA) is 65.3 Å². The van der Waals surface area contributed by atoms with E-state index in [0.29, 0.717) is 10.5 Å². The summed E-state index contributed by atoms with van der Waals surface area (Å²) >= 11 is 5.03. The highest BCUT2D eigenvalue weighted by Gasteiger charge is 2.18. The first-order valence-corrected chi connectivity index (χ1v) is 6.63. The lowest BCUT2D eigenvalue weighted by molar-refractivity contribution is 0.207. The monoisotopic (exact) mass is 277 g/mol. The van der Waals surface area contributed by atoms with Crippen molar-refractivity contribution < 1.29 is 9.52 Å². The summed E-state index contributed by atoms with van der Waals surface area (Å²) in [4.78, 5) is 9.57. The molecular weight excluding hydrogens is 262 g/mol. The van der Waals surface area contributed by atoms with Crippen LogP contribution in [0.2, 0.25) is 0 Å². The molecule has 0 radical (unpaired) electrons. The molecule has 1 aliphatic heterocycles. The van der Waals surface area contributed by atoms with Crippen LogP contribution in [0.3, 0.4) is 0 Å². The van der Waals surface area contributed by atoms with Gasteiger partial charge in [0.2, 0.25) is 0 Å². The molecule has 0 spiro atoms. The molecule has 1 aliphatic rings. The number of aliphatic hydroxyl groups excluding tert-OH is 1. The normalized spacial score (nSPS) is 15.4. The molecule has 0 saturated heterocycles. The van der Waals surface area contributed by atoms with Crippen molar-refractivity contribution in [2.75, 3.05) is 6.54 Å². The molecule has 2 N–H and O–H groups in total. The molecule has 0 fully saturated rings. The minimum absolute atomic E-state index is 0.0523. The van der Waals surface area contributed by atoms with Crippen molar-refractivity contribution in [3.05, 3.63) is 45.9 Å². The maximum atomic E-state index is 8.98. The fraction of sp³-hybridized carbons (Fsp3) is 0.385. The van der Waals surface area contributed by atoms with Gasteiger partial charge < -0.3 is 14.5 Å². The molecule has 0 bridgehead atoms. The van der Waals surface area contributed by atoms with Crippen LogP contribution < -0.4 is 0 Å². The molecule has 0 unspecified atom stereocenters. The Morgan fingerprint density at radius 2 is 2.26 bits per heavy atom. The molecule has 100 valence electrons. The Balaban J connectivity index is 1.71. The summed E-state index contributed by atoms with van der Waals surface area (Å²) in [5.41, 5.74) is 2.38. The highest BCUT2D eigenvalue weighted by Crippen LogP contribution is 2.19. The minimum Gasteiger partial charge on any atom is -0.462 e. The number of H-pyrrole nitrogens is 1. The van der Waals surface area contributed by atoms with Gasteiger partial charge >= 0.3 is 0 Å². The zero-order valence-electron chi connectivity index (χ0n) is 10.4. The Morgan fingerprint density at radius 1 is 1.42 bits per heavy atom. The van der Waals surface area contributed by atoms with Gasteiger partial charge in [0.15, 0.2) is 4.77 Å². The van der Waals surface area contributed by atoms with E-state index in [1.807, 2.05) is 18.3 Å². The first-order chi connectivity index (χ1) is 9.24. The van der Waals surface area contributed by atoms with Gasteiger partial charge in [0.05, 0.1) is 6.54 Å². The SMILES string of the molecule is OCc1ccc(CN2CCc3[nH]c(=S)ncc3C2)o1. The number of nitrogens with zero attached hydrogens (tertiary/aromatic N) is 2. The Morgan fingerprint density at radius 3 is 3.05 bits per heavy atom. The van der Waals surface area contributed by atoms with Crippen LogP contribution in [0.15, 0.2) is 22.7 Å². The van der Waals surface area contributed by atoms with Gasteiger partial charge in [-0.15, -0.1) is 0 Å². The average molecular weight is 277 g/mol. The lowest BCUT2D eigenvalue weighted by Gasteiger charge is -2.27. The lowest BCUT2D eigenvalue weighted by atomic mass is 10.1. The number of nitrogens with one attached hydrogen (secondary N) is 1. The van der Waals surface area contributed by atoms with Crippen molar-refractivity contribution in [3.8, 4) is 0 Å². The van der Waals surface area contributed by atoms with Gasteiger partial charge in [-0.05, 0) is 24.4 Å². The summed E-state index contributed by atoms with van der Waals surface area (Å²) in [6.45, 7) is 2.49. The third-order valence-electron chi connectivity index (χ3n) is 3.31. The molecule has 5 nitrogen and oxygen atoms in total. The number of aliphatic hydroxyl groups is 1. The third kappa shape index (κ3) is 2.75. The van der Waals surface area contributed by atoms with Gasteiger partial charge in [0.1, 0.15) is 18.1 Å². The first kappa shape index (κ1) is 12.5. The number of hydrogen-bond acceptors (Lipinski definition) is 5. The van der Waals surface area contributed by atoms with E-state index >= 15 is 0 Å². The number of aromatic amines is 1. The van der Waals surface area contributed by atoms with Crippen molar-refractivity contribution in [2.45, 2.75) is 26.1 Å². The van der Waals surface area contributed by atoms with Crippen molar-refractivity contribution in [2.24, 2.45) is 0 Å². The molecule has 0 amide bonds. The van der Waals surface area contributed by atoms with Crippen LogP contribution in [-0.2, 0) is 26.1 Å². The van der Waals surface area contributed by atoms with Gasteiger partial charge in [-0.1, -0.05) is 0 Å². The molecule has 3 rings (SSSR count). The van der Waals surface area contributed by atoms with E-state index in [0.717, 1.165) is 31.8 Å². The Bertz CT molecular complexity index is 635. The van der Waals surface area contributed by atoms with E-state index in [1.54, 1.807) is 0 Å². The summed E-state index contributed by atoms with van der Waals surface area (Å²) in [5, 5.41) is 8.98. The maximum absolute atomic E-state index is 8.98. The van der Waals surface area contributed by atoms with Crippen LogP contribution in [0.4, 0.5) is 0 Å². The number of rotatable bonds is 3. The highest BCUT2D eigenvalue weighted by molar-refractivity contribution is 7.71. The Kier molecular flexibility index (Phi) is 3.46. The second-order valence-electron chi connectivity index (χ2n) is 4.68. The molecule has 2 aromatic heterocycles. The number of furan rings is 1. The van der Waals surface area contributed by atoms with Crippen LogP contribution in [0.5, 0.6) is 0 Å². The number of aromatic nitrogens is 2. The quantitative estimate of drug-likeness (QED) is 0.837. The number of hydrogen-bond donors (Lipinski definition) is 2. The van der Waals surface area contributed by atoms with E-state index < -0.39 is 0 Å². The molecule has 2 aromatic rings. The fourth-order valence-electron chi connectivity index (χ4n) is 2.35. The summed E-state index contributed by atoms with van der Waals surface area (Å²) in [6, 6.07) is 3.73. The van der Waals surface area contributed by atoms with Gasteiger partial charge in [-0.3, -0.25) is 4.90 Å². The standard InChI is InChI=1S/C13H15N3O2S/c17-8-11-2-1-10(18-11)7-16-4-3-12-9(6-16)5-14-13(19)15-12/h1-2,5,17H,3-4,6-8H2,(H,14,15,19). The molecule has 0 aliphatic carbocycles. The summed E-state index contributed by atoms with van der Waals surface area (Å²) in [5.74, 6) is 1.49. The van der Waals surface area contributed by atoms with E-state index in [1.165, 1.54) is 11.3 Å². The Hall–Kier alpha value is -1.50. The van der Waals surface area contributed by atoms with Gasteiger partial charge in [-0.25, -0.2) is 4.98 Å². The zero-order chi connectivity index (χ0) is 13.2. The summed E-state index contributed by atoms with van der Waals surface area (Å²) in [6.07, 6.45) is 2.79. The fourth-order valence-corrected chi connectivity index (χ4v) is 2.53. The van der Waals surface area contributed by atoms with Crippen molar-refractivity contribution in [3.63, 3.8) is 0 Å². The van der Waals surface area contributed by atoms with Crippen molar-refractivity contribution >= 4 is 12.2 Å². The predicted molar refractivity (Wildman–Crippen MR) is 71.9 cm³/mol. The summed E-state index contributed by atoms with van der Waals surface area (Å²) < 4.78 is 6.06. The molecule has 6 heteroatoms. The molecule has 0 saturated carbocycles. The molecular formula is C13H15N3O2S.